The predicted octanol–water partition coefficient (Wildman–Crippen LogP) is 8.21. The van der Waals surface area contributed by atoms with Crippen LogP contribution in [-0.2, 0) is 24.8 Å². The van der Waals surface area contributed by atoms with E-state index in [9.17, 15) is 13.6 Å². The number of fused-ring (bicyclic) bond motifs is 3. The molecule has 1 N–H and O–H groups in total. The smallest absolute Gasteiger partial charge is 0.276 e. The van der Waals surface area contributed by atoms with Gasteiger partial charge in [0, 0.05) is 42.1 Å². The number of nitrogens with one attached hydrogen (secondary N) is 1. The molecule has 0 radical (unpaired) electrons. The maximum Gasteiger partial charge on any atom is 0.276 e. The van der Waals surface area contributed by atoms with Crippen molar-refractivity contribution in [1.29, 1.82) is 0 Å². The van der Waals surface area contributed by atoms with Gasteiger partial charge in [-0.25, -0.2) is 22.5 Å². The molecule has 2 aliphatic carbocycles. The number of aromatic nitrogens is 4. The zero-order valence-electron chi connectivity index (χ0n) is 28.5. The largest absolute Gasteiger partial charge is 0.493 e. The number of aryl methyl sites for hydroxylation is 3. The summed E-state index contributed by atoms with van der Waals surface area (Å²) < 4.78 is 71.5. The van der Waals surface area contributed by atoms with Crippen LogP contribution in [0.1, 0.15) is 63.2 Å². The number of thiophene rings is 1. The minimum absolute atomic E-state index is 0.109. The lowest BCUT2D eigenvalue weighted by atomic mass is 9.71. The van der Waals surface area contributed by atoms with Gasteiger partial charge in [-0.05, 0) is 78.4 Å². The fraction of sp³-hybridized carbons (Fsp3) is 0.308. The number of benzene rings is 2. The van der Waals surface area contributed by atoms with E-state index in [1.807, 2.05) is 11.0 Å². The zero-order chi connectivity index (χ0) is 36.4. The second-order valence-electron chi connectivity index (χ2n) is 14.4. The molecule has 268 valence electrons. The Labute approximate surface area is 304 Å². The van der Waals surface area contributed by atoms with E-state index in [1.54, 1.807) is 31.3 Å². The average molecular weight is 739 g/mol. The number of halogens is 4. The summed E-state index contributed by atoms with van der Waals surface area (Å²) in [6.45, 7) is 2.35. The lowest BCUT2D eigenvalue weighted by Crippen LogP contribution is -2.40. The first-order chi connectivity index (χ1) is 25.5. The van der Waals surface area contributed by atoms with Crippen LogP contribution in [0.4, 0.5) is 23.4 Å². The fourth-order valence-electron chi connectivity index (χ4n) is 8.92. The third kappa shape index (κ3) is 4.70. The highest BCUT2D eigenvalue weighted by Crippen LogP contribution is 2.63. The number of rotatable bonds is 8. The molecule has 5 aliphatic rings. The maximum atomic E-state index is 15.7. The van der Waals surface area contributed by atoms with Gasteiger partial charge in [0.15, 0.2) is 11.6 Å². The molecular formula is C39H30F4N6O3S. The number of carbonyl (C=O) groups is 1. The van der Waals surface area contributed by atoms with Gasteiger partial charge in [0.1, 0.15) is 17.7 Å². The summed E-state index contributed by atoms with van der Waals surface area (Å²) in [5, 5.41) is 12.2. The van der Waals surface area contributed by atoms with E-state index in [-0.39, 0.29) is 40.3 Å². The quantitative estimate of drug-likeness (QED) is 0.156. The SMILES string of the molecule is COc1c(F)ccc2c1CC(F)(F)C2Nc1nccc2cc(-c3c4c(nc(CCc5ccc(F)cc5)c3-c3nnc(C)o3)C35CC(CN3C4=O)C5)sc12. The first-order valence-corrected chi connectivity index (χ1v) is 18.2. The van der Waals surface area contributed by atoms with Crippen molar-refractivity contribution in [3.05, 3.63) is 106 Å². The molecule has 1 saturated carbocycles. The van der Waals surface area contributed by atoms with Crippen LogP contribution in [0.25, 0.3) is 32.0 Å². The molecule has 1 unspecified atom stereocenters. The van der Waals surface area contributed by atoms with Crippen LogP contribution < -0.4 is 10.1 Å². The summed E-state index contributed by atoms with van der Waals surface area (Å²) in [6, 6.07) is 11.1. The van der Waals surface area contributed by atoms with Crippen molar-refractivity contribution < 1.29 is 31.5 Å². The van der Waals surface area contributed by atoms with Gasteiger partial charge in [0.2, 0.25) is 11.8 Å². The van der Waals surface area contributed by atoms with E-state index < -0.39 is 29.7 Å². The molecule has 1 amide bonds. The summed E-state index contributed by atoms with van der Waals surface area (Å²) in [6.07, 6.45) is 3.51. The van der Waals surface area contributed by atoms with Crippen molar-refractivity contribution in [2.75, 3.05) is 19.0 Å². The first-order valence-electron chi connectivity index (χ1n) is 17.4. The van der Waals surface area contributed by atoms with E-state index >= 15 is 8.78 Å². The summed E-state index contributed by atoms with van der Waals surface area (Å²) in [4.78, 5) is 26.8. The van der Waals surface area contributed by atoms with E-state index in [2.05, 4.69) is 20.5 Å². The molecule has 1 spiro atoms. The topological polar surface area (TPSA) is 106 Å². The number of ether oxygens (including phenoxy) is 1. The number of hydrogen-bond acceptors (Lipinski definition) is 9. The van der Waals surface area contributed by atoms with Crippen molar-refractivity contribution in [1.82, 2.24) is 25.1 Å². The number of alkyl halides is 2. The molecule has 3 aliphatic heterocycles. The zero-order valence-corrected chi connectivity index (χ0v) is 29.3. The normalized spacial score (nSPS) is 21.8. The fourth-order valence-corrected chi connectivity index (χ4v) is 10.1. The summed E-state index contributed by atoms with van der Waals surface area (Å²) in [5.41, 5.74) is 3.82. The van der Waals surface area contributed by atoms with Gasteiger partial charge in [-0.15, -0.1) is 21.5 Å². The van der Waals surface area contributed by atoms with Crippen molar-refractivity contribution in [3.63, 3.8) is 0 Å². The highest BCUT2D eigenvalue weighted by molar-refractivity contribution is 7.23. The number of methoxy groups -OCH3 is 1. The van der Waals surface area contributed by atoms with E-state index in [0.29, 0.717) is 63.2 Å². The number of anilines is 1. The number of hydrogen-bond donors (Lipinski definition) is 1. The first kappa shape index (κ1) is 32.3. The van der Waals surface area contributed by atoms with Gasteiger partial charge in [-0.1, -0.05) is 18.2 Å². The summed E-state index contributed by atoms with van der Waals surface area (Å²) in [7, 11) is 1.26. The minimum atomic E-state index is -3.26. The Morgan fingerprint density at radius 3 is 2.60 bits per heavy atom. The van der Waals surface area contributed by atoms with Gasteiger partial charge in [-0.3, -0.25) is 9.78 Å². The highest BCUT2D eigenvalue weighted by atomic mass is 32.1. The Kier molecular flexibility index (Phi) is 6.89. The van der Waals surface area contributed by atoms with Crippen LogP contribution in [0.3, 0.4) is 0 Å². The van der Waals surface area contributed by atoms with Crippen molar-refractivity contribution >= 4 is 33.1 Å². The molecule has 2 aromatic carbocycles. The molecule has 14 heteroatoms. The Bertz CT molecular complexity index is 2510. The summed E-state index contributed by atoms with van der Waals surface area (Å²) in [5.74, 6) is -3.39. The highest BCUT2D eigenvalue weighted by Gasteiger charge is 2.65. The second kappa shape index (κ2) is 11.3. The van der Waals surface area contributed by atoms with Crippen molar-refractivity contribution in [2.24, 2.45) is 5.92 Å². The monoisotopic (exact) mass is 738 g/mol. The summed E-state index contributed by atoms with van der Waals surface area (Å²) >= 11 is 1.32. The van der Waals surface area contributed by atoms with E-state index in [0.717, 1.165) is 35.6 Å². The van der Waals surface area contributed by atoms with E-state index in [4.69, 9.17) is 14.1 Å². The average Bonchev–Trinajstić information content (AvgIpc) is 3.96. The number of amides is 1. The molecule has 6 aromatic rings. The van der Waals surface area contributed by atoms with Crippen molar-refractivity contribution in [3.8, 4) is 27.6 Å². The molecule has 2 bridgehead atoms. The Morgan fingerprint density at radius 2 is 1.85 bits per heavy atom. The molecule has 1 atom stereocenters. The van der Waals surface area contributed by atoms with Gasteiger partial charge >= 0.3 is 0 Å². The Hall–Kier alpha value is -5.37. The predicted molar refractivity (Wildman–Crippen MR) is 188 cm³/mol. The third-order valence-electron chi connectivity index (χ3n) is 11.2. The lowest BCUT2D eigenvalue weighted by Gasteiger charge is -2.37. The number of pyridine rings is 2. The van der Waals surface area contributed by atoms with Gasteiger partial charge in [0.05, 0.1) is 39.9 Å². The molecule has 4 aromatic heterocycles. The van der Waals surface area contributed by atoms with Crippen LogP contribution in [0.15, 0.2) is 59.1 Å². The Balaban J connectivity index is 1.15. The van der Waals surface area contributed by atoms with Gasteiger partial charge in [0.25, 0.3) is 11.8 Å². The number of carbonyl (C=O) groups excluding carboxylic acids is 1. The number of nitrogens with zero attached hydrogens (tertiary/aromatic N) is 5. The van der Waals surface area contributed by atoms with Crippen LogP contribution in [0.5, 0.6) is 5.75 Å². The van der Waals surface area contributed by atoms with Crippen molar-refractivity contribution in [2.45, 2.75) is 56.5 Å². The molecular weight excluding hydrogens is 709 g/mol. The van der Waals surface area contributed by atoms with Crippen LogP contribution in [0, 0.1) is 24.5 Å². The molecule has 53 heavy (non-hydrogen) atoms. The van der Waals surface area contributed by atoms with Gasteiger partial charge < -0.3 is 19.4 Å². The molecule has 2 saturated heterocycles. The molecule has 3 fully saturated rings. The molecule has 11 rings (SSSR count). The Morgan fingerprint density at radius 1 is 1.04 bits per heavy atom. The molecule has 7 heterocycles. The van der Waals surface area contributed by atoms with Crippen LogP contribution >= 0.6 is 11.3 Å². The maximum absolute atomic E-state index is 15.7. The van der Waals surface area contributed by atoms with Crippen LogP contribution in [-0.4, -0.2) is 50.5 Å². The van der Waals surface area contributed by atoms with E-state index in [1.165, 1.54) is 36.6 Å². The third-order valence-corrected chi connectivity index (χ3v) is 12.4. The second-order valence-corrected chi connectivity index (χ2v) is 15.4. The minimum Gasteiger partial charge on any atom is -0.493 e. The lowest BCUT2D eigenvalue weighted by molar-refractivity contribution is -0.00736. The standard InChI is InChI=1S/C39H30F4N6O3S/c1-18-47-48-36(52-18)28-26(10-5-19-3-6-22(40)7-4-19)45-34-30(37(50)49-17-20-14-38(34,49)15-20)29(28)27-13-21-11-12-44-35(32(21)53-27)46-33-23-8-9-25(41)31(51-2)24(23)16-39(33,42)43/h3-4,6-9,11-13,20,33H,5,10,14-17H2,1-2H3,(H,44,46). The van der Waals surface area contributed by atoms with Gasteiger partial charge in [-0.2, -0.15) is 0 Å². The van der Waals surface area contributed by atoms with Crippen LogP contribution in [0.2, 0.25) is 0 Å². The molecule has 9 nitrogen and oxygen atoms in total.